The lowest BCUT2D eigenvalue weighted by atomic mass is 10.2. The second kappa shape index (κ2) is 9.45. The van der Waals surface area contributed by atoms with E-state index < -0.39 is 5.91 Å². The molecule has 0 unspecified atom stereocenters. The van der Waals surface area contributed by atoms with E-state index in [1.165, 1.54) is 25.3 Å². The Morgan fingerprint density at radius 2 is 1.83 bits per heavy atom. The molecule has 0 aliphatic carbocycles. The fourth-order valence-corrected chi connectivity index (χ4v) is 2.63. The van der Waals surface area contributed by atoms with Crippen LogP contribution >= 0.6 is 0 Å². The molecule has 0 spiro atoms. The van der Waals surface area contributed by atoms with Crippen molar-refractivity contribution < 1.29 is 23.5 Å². The Hall–Kier alpha value is -3.74. The van der Waals surface area contributed by atoms with E-state index >= 15 is 0 Å². The van der Waals surface area contributed by atoms with Gasteiger partial charge in [0.2, 0.25) is 0 Å². The molecule has 7 heteroatoms. The molecule has 1 N–H and O–H groups in total. The minimum atomic E-state index is -0.542. The number of pyridine rings is 1. The molecule has 1 heterocycles. The minimum Gasteiger partial charge on any atom is -0.493 e. The molecule has 0 saturated carbocycles. The molecule has 29 heavy (non-hydrogen) atoms. The van der Waals surface area contributed by atoms with E-state index in [2.05, 4.69) is 10.3 Å². The summed E-state index contributed by atoms with van der Waals surface area (Å²) in [5, 5.41) is 2.70. The number of methoxy groups -OCH3 is 1. The normalized spacial score (nSPS) is 10.3. The number of ether oxygens (including phenoxy) is 2. The topological polar surface area (TPSA) is 77.5 Å². The molecule has 0 aliphatic heterocycles. The first-order valence-electron chi connectivity index (χ1n) is 8.84. The van der Waals surface area contributed by atoms with Crippen molar-refractivity contribution in [3.05, 3.63) is 89.0 Å². The summed E-state index contributed by atoms with van der Waals surface area (Å²) in [6.07, 6.45) is 0.528. The monoisotopic (exact) mass is 394 g/mol. The van der Waals surface area contributed by atoms with Crippen molar-refractivity contribution in [3.63, 3.8) is 0 Å². The number of hydrogen-bond donors (Lipinski definition) is 1. The number of aromatic nitrogens is 1. The van der Waals surface area contributed by atoms with E-state index in [1.807, 2.05) is 30.3 Å². The highest BCUT2D eigenvalue weighted by Gasteiger charge is 2.21. The quantitative estimate of drug-likeness (QED) is 0.591. The molecule has 3 rings (SSSR count). The third-order valence-corrected chi connectivity index (χ3v) is 4.11. The summed E-state index contributed by atoms with van der Waals surface area (Å²) < 4.78 is 24.2. The minimum absolute atomic E-state index is 0.0424. The molecule has 0 atom stereocenters. The van der Waals surface area contributed by atoms with Crippen LogP contribution in [0.1, 0.15) is 32.1 Å². The van der Waals surface area contributed by atoms with Crippen LogP contribution in [0.2, 0.25) is 0 Å². The predicted molar refractivity (Wildman–Crippen MR) is 105 cm³/mol. The summed E-state index contributed by atoms with van der Waals surface area (Å²) in [4.78, 5) is 28.1. The van der Waals surface area contributed by atoms with Crippen LogP contribution in [-0.4, -0.2) is 24.3 Å². The van der Waals surface area contributed by atoms with E-state index in [1.54, 1.807) is 12.1 Å². The lowest BCUT2D eigenvalue weighted by molar-refractivity contribution is 0.0939. The van der Waals surface area contributed by atoms with Gasteiger partial charge in [-0.2, -0.15) is 0 Å². The highest BCUT2D eigenvalue weighted by atomic mass is 19.1. The fraction of sp³-hybridized carbons (Fsp3) is 0.136. The van der Waals surface area contributed by atoms with Crippen LogP contribution in [0.25, 0.3) is 0 Å². The largest absolute Gasteiger partial charge is 0.493 e. The second-order valence-corrected chi connectivity index (χ2v) is 6.13. The Morgan fingerprint density at radius 3 is 2.48 bits per heavy atom. The number of benzene rings is 2. The van der Waals surface area contributed by atoms with Crippen LogP contribution in [-0.2, 0) is 13.2 Å². The molecule has 148 valence electrons. The van der Waals surface area contributed by atoms with Gasteiger partial charge >= 0.3 is 0 Å². The third-order valence-electron chi connectivity index (χ3n) is 4.11. The van der Waals surface area contributed by atoms with E-state index in [9.17, 15) is 14.0 Å². The second-order valence-electron chi connectivity index (χ2n) is 6.13. The molecule has 0 radical (unpaired) electrons. The van der Waals surface area contributed by atoms with Crippen molar-refractivity contribution in [2.75, 3.05) is 7.11 Å². The summed E-state index contributed by atoms with van der Waals surface area (Å²) in [7, 11) is 1.42. The van der Waals surface area contributed by atoms with Crippen molar-refractivity contribution in [2.45, 2.75) is 13.2 Å². The summed E-state index contributed by atoms with van der Waals surface area (Å²) in [5.41, 5.74) is 1.59. The van der Waals surface area contributed by atoms with Crippen molar-refractivity contribution >= 4 is 12.2 Å². The van der Waals surface area contributed by atoms with Crippen molar-refractivity contribution in [1.82, 2.24) is 10.3 Å². The van der Waals surface area contributed by atoms with Gasteiger partial charge < -0.3 is 14.8 Å². The van der Waals surface area contributed by atoms with Crippen molar-refractivity contribution in [1.29, 1.82) is 0 Å². The van der Waals surface area contributed by atoms with Crippen LogP contribution in [0.5, 0.6) is 11.5 Å². The Balaban J connectivity index is 1.84. The van der Waals surface area contributed by atoms with Crippen LogP contribution < -0.4 is 14.8 Å². The van der Waals surface area contributed by atoms with Crippen molar-refractivity contribution in [2.24, 2.45) is 0 Å². The molecule has 1 aromatic heterocycles. The SMILES string of the molecule is COc1cc(C=O)nc(C(=O)NCc2ccc(F)cc2)c1OCc1ccccc1. The Morgan fingerprint density at radius 1 is 1.10 bits per heavy atom. The van der Waals surface area contributed by atoms with E-state index in [0.717, 1.165) is 5.56 Å². The zero-order valence-corrected chi connectivity index (χ0v) is 15.7. The summed E-state index contributed by atoms with van der Waals surface area (Å²) >= 11 is 0. The number of nitrogens with zero attached hydrogens (tertiary/aromatic N) is 1. The third kappa shape index (κ3) is 5.16. The molecule has 0 bridgehead atoms. The number of halogens is 1. The zero-order valence-electron chi connectivity index (χ0n) is 15.7. The Labute approximate surface area is 167 Å². The van der Waals surface area contributed by atoms with E-state index in [-0.39, 0.29) is 41.9 Å². The smallest absolute Gasteiger partial charge is 0.274 e. The Bertz CT molecular complexity index is 992. The number of carbonyl (C=O) groups excluding carboxylic acids is 2. The van der Waals surface area contributed by atoms with Gasteiger partial charge in [-0.25, -0.2) is 9.37 Å². The molecule has 6 nitrogen and oxygen atoms in total. The maximum atomic E-state index is 13.0. The van der Waals surface area contributed by atoms with E-state index in [4.69, 9.17) is 9.47 Å². The first-order valence-corrected chi connectivity index (χ1v) is 8.84. The molecule has 1 amide bonds. The van der Waals surface area contributed by atoms with Crippen LogP contribution in [0, 0.1) is 5.82 Å². The van der Waals surface area contributed by atoms with Gasteiger partial charge in [0.25, 0.3) is 5.91 Å². The van der Waals surface area contributed by atoms with Gasteiger partial charge in [-0.1, -0.05) is 42.5 Å². The number of nitrogens with one attached hydrogen (secondary N) is 1. The number of hydrogen-bond acceptors (Lipinski definition) is 5. The molecular formula is C22H19FN2O4. The molecular weight excluding hydrogens is 375 g/mol. The van der Waals surface area contributed by atoms with E-state index in [0.29, 0.717) is 11.8 Å². The van der Waals surface area contributed by atoms with Crippen LogP contribution in [0.3, 0.4) is 0 Å². The molecule has 2 aromatic carbocycles. The first-order chi connectivity index (χ1) is 14.1. The predicted octanol–water partition coefficient (Wildman–Crippen LogP) is 3.55. The van der Waals surface area contributed by atoms with Gasteiger partial charge in [-0.15, -0.1) is 0 Å². The number of carbonyl (C=O) groups is 2. The first kappa shape index (κ1) is 20.0. The summed E-state index contributed by atoms with van der Waals surface area (Å²) in [5.74, 6) is -0.537. The number of rotatable bonds is 8. The standard InChI is InChI=1S/C22H19FN2O4/c1-28-19-11-18(13-26)25-20(21(19)29-14-16-5-3-2-4-6-16)22(27)24-12-15-7-9-17(23)10-8-15/h2-11,13H,12,14H2,1H3,(H,24,27). The molecule has 0 saturated heterocycles. The van der Waals surface area contributed by atoms with Gasteiger partial charge in [0.15, 0.2) is 23.5 Å². The molecule has 0 aliphatic rings. The van der Waals surface area contributed by atoms with Crippen LogP contribution in [0.4, 0.5) is 4.39 Å². The number of aldehydes is 1. The fourth-order valence-electron chi connectivity index (χ4n) is 2.63. The zero-order chi connectivity index (χ0) is 20.6. The number of amides is 1. The highest BCUT2D eigenvalue weighted by molar-refractivity contribution is 5.96. The Kier molecular flexibility index (Phi) is 6.52. The lowest BCUT2D eigenvalue weighted by Crippen LogP contribution is -2.25. The van der Waals surface area contributed by atoms with Crippen molar-refractivity contribution in [3.8, 4) is 11.5 Å². The van der Waals surface area contributed by atoms with Crippen LogP contribution in [0.15, 0.2) is 60.7 Å². The summed E-state index contributed by atoms with van der Waals surface area (Å²) in [6, 6.07) is 16.6. The maximum absolute atomic E-state index is 13.0. The molecule has 3 aromatic rings. The average Bonchev–Trinajstić information content (AvgIpc) is 2.77. The maximum Gasteiger partial charge on any atom is 0.274 e. The lowest BCUT2D eigenvalue weighted by Gasteiger charge is -2.15. The van der Waals surface area contributed by atoms with Gasteiger partial charge in [-0.05, 0) is 23.3 Å². The van der Waals surface area contributed by atoms with Gasteiger partial charge in [0, 0.05) is 12.6 Å². The highest BCUT2D eigenvalue weighted by Crippen LogP contribution is 2.31. The van der Waals surface area contributed by atoms with Gasteiger partial charge in [0.1, 0.15) is 18.1 Å². The summed E-state index contributed by atoms with van der Waals surface area (Å²) in [6.45, 7) is 0.351. The average molecular weight is 394 g/mol. The van der Waals surface area contributed by atoms with Gasteiger partial charge in [-0.3, -0.25) is 9.59 Å². The van der Waals surface area contributed by atoms with Gasteiger partial charge in [0.05, 0.1) is 7.11 Å². The molecule has 0 fully saturated rings.